The van der Waals surface area contributed by atoms with E-state index < -0.39 is 0 Å². The van der Waals surface area contributed by atoms with Crippen LogP contribution in [0.3, 0.4) is 0 Å². The van der Waals surface area contributed by atoms with Crippen LogP contribution in [0.2, 0.25) is 0 Å². The van der Waals surface area contributed by atoms with E-state index in [1.54, 1.807) is 7.11 Å². The summed E-state index contributed by atoms with van der Waals surface area (Å²) in [5.41, 5.74) is 2.34. The number of carbonyl (C=O) groups is 1. The molecule has 1 N–H and O–H groups in total. The third-order valence-corrected chi connectivity index (χ3v) is 3.35. The largest absolute Gasteiger partial charge is 0.496 e. The van der Waals surface area contributed by atoms with Crippen molar-refractivity contribution in [1.29, 1.82) is 0 Å². The molecule has 1 aromatic rings. The Bertz CT molecular complexity index is 483. The van der Waals surface area contributed by atoms with Crippen molar-refractivity contribution in [1.82, 2.24) is 10.2 Å². The number of rotatable bonds is 3. The van der Waals surface area contributed by atoms with Gasteiger partial charge in [0.1, 0.15) is 5.75 Å². The molecule has 1 heterocycles. The second kappa shape index (κ2) is 6.27. The zero-order valence-electron chi connectivity index (χ0n) is 11.5. The third kappa shape index (κ3) is 3.50. The predicted octanol–water partition coefficient (Wildman–Crippen LogP) is 2.56. The number of nitrogens with one attached hydrogen (secondary N) is 1. The van der Waals surface area contributed by atoms with Crippen molar-refractivity contribution < 1.29 is 9.53 Å². The number of benzene rings is 1. The Morgan fingerprint density at radius 3 is 2.89 bits per heavy atom. The lowest BCUT2D eigenvalue weighted by molar-refractivity contribution is 0.201. The lowest BCUT2D eigenvalue weighted by Crippen LogP contribution is -2.41. The molecule has 1 aliphatic rings. The van der Waals surface area contributed by atoms with Crippen LogP contribution in [-0.4, -0.2) is 31.1 Å². The number of hydrogen-bond acceptors (Lipinski definition) is 2. The highest BCUT2D eigenvalue weighted by Crippen LogP contribution is 2.17. The van der Waals surface area contributed by atoms with E-state index >= 15 is 0 Å². The highest BCUT2D eigenvalue weighted by atomic mass is 16.5. The van der Waals surface area contributed by atoms with Crippen molar-refractivity contribution in [2.45, 2.75) is 19.9 Å². The van der Waals surface area contributed by atoms with Crippen LogP contribution in [0.1, 0.15) is 18.9 Å². The van der Waals surface area contributed by atoms with Gasteiger partial charge in [-0.3, -0.25) is 0 Å². The van der Waals surface area contributed by atoms with E-state index in [-0.39, 0.29) is 6.03 Å². The minimum atomic E-state index is -0.0188. The van der Waals surface area contributed by atoms with Crippen LogP contribution >= 0.6 is 0 Å². The van der Waals surface area contributed by atoms with Crippen LogP contribution in [0, 0.1) is 0 Å². The van der Waals surface area contributed by atoms with Gasteiger partial charge in [-0.15, -0.1) is 0 Å². The minimum absolute atomic E-state index is 0.0188. The standard InChI is InChI=1S/C15H20N2O2/c1-12-7-9-17(10-8-12)15(18)16-11-13-5-3-4-6-14(13)19-2/h3-7H,8-11H2,1-2H3,(H,16,18). The Kier molecular flexibility index (Phi) is 4.44. The van der Waals surface area contributed by atoms with Gasteiger partial charge in [0.2, 0.25) is 0 Å². The van der Waals surface area contributed by atoms with Gasteiger partial charge in [0.15, 0.2) is 0 Å². The van der Waals surface area contributed by atoms with Gasteiger partial charge in [-0.1, -0.05) is 29.8 Å². The molecule has 1 aliphatic heterocycles. The topological polar surface area (TPSA) is 41.6 Å². The van der Waals surface area contributed by atoms with Crippen LogP contribution in [0.25, 0.3) is 0 Å². The fraction of sp³-hybridized carbons (Fsp3) is 0.400. The summed E-state index contributed by atoms with van der Waals surface area (Å²) in [5.74, 6) is 0.803. The maximum absolute atomic E-state index is 12.0. The zero-order valence-corrected chi connectivity index (χ0v) is 11.5. The molecule has 0 spiro atoms. The van der Waals surface area contributed by atoms with Gasteiger partial charge in [0.05, 0.1) is 7.11 Å². The summed E-state index contributed by atoms with van der Waals surface area (Å²) in [4.78, 5) is 13.8. The molecule has 102 valence electrons. The molecule has 2 amide bonds. The Morgan fingerprint density at radius 1 is 1.42 bits per heavy atom. The Labute approximate surface area is 114 Å². The highest BCUT2D eigenvalue weighted by Gasteiger charge is 2.15. The first-order chi connectivity index (χ1) is 9.20. The van der Waals surface area contributed by atoms with Gasteiger partial charge in [0.25, 0.3) is 0 Å². The second-order valence-electron chi connectivity index (χ2n) is 4.72. The SMILES string of the molecule is COc1ccccc1CNC(=O)N1CC=C(C)CC1. The molecule has 0 aliphatic carbocycles. The molecule has 1 aromatic carbocycles. The van der Waals surface area contributed by atoms with Crippen molar-refractivity contribution in [3.63, 3.8) is 0 Å². The third-order valence-electron chi connectivity index (χ3n) is 3.35. The van der Waals surface area contributed by atoms with E-state index in [1.807, 2.05) is 29.2 Å². The Balaban J connectivity index is 1.90. The molecule has 0 aromatic heterocycles. The summed E-state index contributed by atoms with van der Waals surface area (Å²) in [7, 11) is 1.64. The van der Waals surface area contributed by atoms with Gasteiger partial charge >= 0.3 is 6.03 Å². The monoisotopic (exact) mass is 260 g/mol. The van der Waals surface area contributed by atoms with E-state index in [4.69, 9.17) is 4.74 Å². The van der Waals surface area contributed by atoms with Crippen LogP contribution in [0.15, 0.2) is 35.9 Å². The number of para-hydroxylation sites is 1. The fourth-order valence-corrected chi connectivity index (χ4v) is 2.09. The average molecular weight is 260 g/mol. The van der Waals surface area contributed by atoms with E-state index in [0.29, 0.717) is 13.1 Å². The lowest BCUT2D eigenvalue weighted by atomic mass is 10.1. The molecule has 4 heteroatoms. The first-order valence-electron chi connectivity index (χ1n) is 6.51. The maximum atomic E-state index is 12.0. The van der Waals surface area contributed by atoms with Crippen molar-refractivity contribution >= 4 is 6.03 Å². The first kappa shape index (κ1) is 13.5. The summed E-state index contributed by atoms with van der Waals surface area (Å²) in [5, 5.41) is 2.94. The quantitative estimate of drug-likeness (QED) is 0.849. The molecule has 0 atom stereocenters. The summed E-state index contributed by atoms with van der Waals surface area (Å²) >= 11 is 0. The molecule has 4 nitrogen and oxygen atoms in total. The summed E-state index contributed by atoms with van der Waals surface area (Å²) in [6.07, 6.45) is 3.06. The normalized spacial score (nSPS) is 14.8. The molecular weight excluding hydrogens is 240 g/mol. The fourth-order valence-electron chi connectivity index (χ4n) is 2.09. The van der Waals surface area contributed by atoms with Gasteiger partial charge in [-0.05, 0) is 19.4 Å². The van der Waals surface area contributed by atoms with E-state index in [2.05, 4.69) is 18.3 Å². The predicted molar refractivity (Wildman–Crippen MR) is 75.2 cm³/mol. The molecule has 2 rings (SSSR count). The molecule has 0 saturated carbocycles. The second-order valence-corrected chi connectivity index (χ2v) is 4.72. The number of ether oxygens (including phenoxy) is 1. The zero-order chi connectivity index (χ0) is 13.7. The van der Waals surface area contributed by atoms with Crippen LogP contribution in [0.4, 0.5) is 4.79 Å². The van der Waals surface area contributed by atoms with Gasteiger partial charge in [0, 0.05) is 25.2 Å². The molecule has 0 saturated heterocycles. The molecule has 0 unspecified atom stereocenters. The van der Waals surface area contributed by atoms with E-state index in [9.17, 15) is 4.79 Å². The number of urea groups is 1. The van der Waals surface area contributed by atoms with Crippen LogP contribution in [-0.2, 0) is 6.54 Å². The smallest absolute Gasteiger partial charge is 0.317 e. The number of amides is 2. The number of hydrogen-bond donors (Lipinski definition) is 1. The highest BCUT2D eigenvalue weighted by molar-refractivity contribution is 5.74. The van der Waals surface area contributed by atoms with Gasteiger partial charge in [-0.2, -0.15) is 0 Å². The number of carbonyl (C=O) groups excluding carboxylic acids is 1. The lowest BCUT2D eigenvalue weighted by Gasteiger charge is -2.25. The van der Waals surface area contributed by atoms with Gasteiger partial charge < -0.3 is 15.0 Å². The number of methoxy groups -OCH3 is 1. The minimum Gasteiger partial charge on any atom is -0.496 e. The van der Waals surface area contributed by atoms with E-state index in [0.717, 1.165) is 24.3 Å². The Morgan fingerprint density at radius 2 is 2.21 bits per heavy atom. The van der Waals surface area contributed by atoms with Crippen molar-refractivity contribution in [3.05, 3.63) is 41.5 Å². The summed E-state index contributed by atoms with van der Waals surface area (Å²) in [6.45, 7) is 4.08. The molecule has 0 fully saturated rings. The van der Waals surface area contributed by atoms with Gasteiger partial charge in [-0.25, -0.2) is 4.79 Å². The molecular formula is C15H20N2O2. The van der Waals surface area contributed by atoms with Crippen molar-refractivity contribution in [3.8, 4) is 5.75 Å². The first-order valence-corrected chi connectivity index (χ1v) is 6.51. The average Bonchev–Trinajstić information content (AvgIpc) is 2.45. The summed E-state index contributed by atoms with van der Waals surface area (Å²) in [6, 6.07) is 7.70. The number of nitrogens with zero attached hydrogens (tertiary/aromatic N) is 1. The Hall–Kier alpha value is -1.97. The maximum Gasteiger partial charge on any atom is 0.317 e. The van der Waals surface area contributed by atoms with Crippen LogP contribution in [0.5, 0.6) is 5.75 Å². The molecule has 19 heavy (non-hydrogen) atoms. The van der Waals surface area contributed by atoms with E-state index in [1.165, 1.54) is 5.57 Å². The summed E-state index contributed by atoms with van der Waals surface area (Å²) < 4.78 is 5.26. The van der Waals surface area contributed by atoms with Crippen LogP contribution < -0.4 is 10.1 Å². The van der Waals surface area contributed by atoms with Crippen molar-refractivity contribution in [2.75, 3.05) is 20.2 Å². The molecule has 0 radical (unpaired) electrons. The van der Waals surface area contributed by atoms with Crippen molar-refractivity contribution in [2.24, 2.45) is 0 Å². The molecule has 0 bridgehead atoms.